The molecule has 0 bridgehead atoms. The van der Waals surface area contributed by atoms with E-state index in [-0.39, 0.29) is 23.6 Å². The first kappa shape index (κ1) is 15.0. The standard InChI is InChI=1S/C14H22N2O4S/c1-2-16-8-12(7-11(16)9-17)21(18,19)15-13-5-6-20-14(13)10-3-4-10/h7-8,10,13-15,17H,2-6,9H2,1H3. The van der Waals surface area contributed by atoms with Crippen LogP contribution in [-0.4, -0.2) is 36.8 Å². The van der Waals surface area contributed by atoms with Crippen LogP contribution in [-0.2, 0) is 27.9 Å². The van der Waals surface area contributed by atoms with E-state index in [1.165, 1.54) is 6.07 Å². The van der Waals surface area contributed by atoms with E-state index in [2.05, 4.69) is 4.72 Å². The van der Waals surface area contributed by atoms with Gasteiger partial charge in [-0.25, -0.2) is 13.1 Å². The van der Waals surface area contributed by atoms with Crippen molar-refractivity contribution in [3.63, 3.8) is 0 Å². The van der Waals surface area contributed by atoms with Crippen molar-refractivity contribution in [3.05, 3.63) is 18.0 Å². The second-order valence-electron chi connectivity index (χ2n) is 5.80. The Morgan fingerprint density at radius 1 is 1.43 bits per heavy atom. The van der Waals surface area contributed by atoms with Gasteiger partial charge in [0.05, 0.1) is 23.6 Å². The summed E-state index contributed by atoms with van der Waals surface area (Å²) in [5.74, 6) is 0.508. The lowest BCUT2D eigenvalue weighted by Gasteiger charge is -2.19. The molecule has 1 saturated carbocycles. The molecule has 6 nitrogen and oxygen atoms in total. The Balaban J connectivity index is 1.78. The molecule has 2 fully saturated rings. The van der Waals surface area contributed by atoms with Crippen LogP contribution in [0.4, 0.5) is 0 Å². The number of aromatic nitrogens is 1. The fourth-order valence-electron chi connectivity index (χ4n) is 2.99. The van der Waals surface area contributed by atoms with Crippen LogP contribution >= 0.6 is 0 Å². The summed E-state index contributed by atoms with van der Waals surface area (Å²) in [5.41, 5.74) is 0.610. The van der Waals surface area contributed by atoms with Gasteiger partial charge in [-0.15, -0.1) is 0 Å². The van der Waals surface area contributed by atoms with Crippen LogP contribution in [0.1, 0.15) is 31.9 Å². The van der Waals surface area contributed by atoms with Crippen molar-refractivity contribution in [1.82, 2.24) is 9.29 Å². The Kier molecular flexibility index (Phi) is 4.09. The van der Waals surface area contributed by atoms with Crippen molar-refractivity contribution < 1.29 is 18.3 Å². The van der Waals surface area contributed by atoms with Gasteiger partial charge in [0.25, 0.3) is 0 Å². The lowest BCUT2D eigenvalue weighted by Crippen LogP contribution is -2.41. The molecule has 0 amide bonds. The second-order valence-corrected chi connectivity index (χ2v) is 7.51. The second kappa shape index (κ2) is 5.72. The molecule has 2 heterocycles. The number of aryl methyl sites for hydroxylation is 1. The molecule has 1 saturated heterocycles. The van der Waals surface area contributed by atoms with Crippen molar-refractivity contribution in [1.29, 1.82) is 0 Å². The number of aliphatic hydroxyl groups excluding tert-OH is 1. The van der Waals surface area contributed by atoms with Crippen LogP contribution in [0.2, 0.25) is 0 Å². The largest absolute Gasteiger partial charge is 0.390 e. The van der Waals surface area contributed by atoms with Crippen molar-refractivity contribution in [3.8, 4) is 0 Å². The molecule has 118 valence electrons. The van der Waals surface area contributed by atoms with E-state index in [0.717, 1.165) is 19.3 Å². The maximum Gasteiger partial charge on any atom is 0.242 e. The molecular weight excluding hydrogens is 292 g/mol. The van der Waals surface area contributed by atoms with E-state index in [0.29, 0.717) is 24.8 Å². The molecule has 0 aromatic carbocycles. The molecule has 0 spiro atoms. The summed E-state index contributed by atoms with van der Waals surface area (Å²) in [5, 5.41) is 9.28. The first-order valence-corrected chi connectivity index (χ1v) is 8.97. The minimum absolute atomic E-state index is 0.0188. The maximum absolute atomic E-state index is 12.5. The quantitative estimate of drug-likeness (QED) is 0.815. The molecule has 1 aromatic rings. The Morgan fingerprint density at radius 2 is 2.19 bits per heavy atom. The van der Waals surface area contributed by atoms with Crippen LogP contribution in [0.5, 0.6) is 0 Å². The molecular formula is C14H22N2O4S. The smallest absolute Gasteiger partial charge is 0.242 e. The zero-order chi connectivity index (χ0) is 15.0. The zero-order valence-electron chi connectivity index (χ0n) is 12.2. The average molecular weight is 314 g/mol. The Hall–Kier alpha value is -0.890. The lowest BCUT2D eigenvalue weighted by atomic mass is 10.1. The molecule has 1 aliphatic carbocycles. The third-order valence-electron chi connectivity index (χ3n) is 4.30. The molecule has 2 atom stereocenters. The SMILES string of the molecule is CCn1cc(S(=O)(=O)NC2CCOC2C2CC2)cc1CO. The van der Waals surface area contributed by atoms with Crippen molar-refractivity contribution in [2.24, 2.45) is 5.92 Å². The van der Waals surface area contributed by atoms with Gasteiger partial charge < -0.3 is 14.4 Å². The minimum atomic E-state index is -3.57. The van der Waals surface area contributed by atoms with Crippen LogP contribution < -0.4 is 4.72 Å². The summed E-state index contributed by atoms with van der Waals surface area (Å²) in [6.45, 7) is 2.99. The summed E-state index contributed by atoms with van der Waals surface area (Å²) in [4.78, 5) is 0.217. The fourth-order valence-corrected chi connectivity index (χ4v) is 4.34. The summed E-state index contributed by atoms with van der Waals surface area (Å²) < 4.78 is 35.2. The summed E-state index contributed by atoms with van der Waals surface area (Å²) in [7, 11) is -3.57. The van der Waals surface area contributed by atoms with E-state index in [1.54, 1.807) is 10.8 Å². The van der Waals surface area contributed by atoms with Crippen LogP contribution in [0, 0.1) is 5.92 Å². The third kappa shape index (κ3) is 3.01. The van der Waals surface area contributed by atoms with Crippen molar-refractivity contribution in [2.45, 2.75) is 56.4 Å². The van der Waals surface area contributed by atoms with Gasteiger partial charge in [-0.3, -0.25) is 0 Å². The molecule has 2 unspecified atom stereocenters. The van der Waals surface area contributed by atoms with E-state index >= 15 is 0 Å². The lowest BCUT2D eigenvalue weighted by molar-refractivity contribution is 0.0848. The van der Waals surface area contributed by atoms with Gasteiger partial charge >= 0.3 is 0 Å². The number of nitrogens with zero attached hydrogens (tertiary/aromatic N) is 1. The van der Waals surface area contributed by atoms with Gasteiger partial charge in [0.2, 0.25) is 10.0 Å². The number of hydrogen-bond acceptors (Lipinski definition) is 4. The highest BCUT2D eigenvalue weighted by molar-refractivity contribution is 7.89. The Labute approximate surface area is 125 Å². The molecule has 1 aromatic heterocycles. The average Bonchev–Trinajstić information content (AvgIpc) is 3.04. The van der Waals surface area contributed by atoms with Crippen LogP contribution in [0.3, 0.4) is 0 Å². The van der Waals surface area contributed by atoms with E-state index in [9.17, 15) is 13.5 Å². The Morgan fingerprint density at radius 3 is 2.76 bits per heavy atom. The summed E-state index contributed by atoms with van der Waals surface area (Å²) in [6.07, 6.45) is 4.58. The van der Waals surface area contributed by atoms with Crippen LogP contribution in [0.25, 0.3) is 0 Å². The number of ether oxygens (including phenoxy) is 1. The molecule has 3 rings (SSSR count). The predicted molar refractivity (Wildman–Crippen MR) is 77.2 cm³/mol. The predicted octanol–water partition coefficient (Wildman–Crippen LogP) is 0.846. The number of sulfonamides is 1. The van der Waals surface area contributed by atoms with Gasteiger partial charge in [-0.2, -0.15) is 0 Å². The van der Waals surface area contributed by atoms with Gasteiger partial charge in [-0.05, 0) is 38.2 Å². The maximum atomic E-state index is 12.5. The number of hydrogen-bond donors (Lipinski definition) is 2. The summed E-state index contributed by atoms with van der Waals surface area (Å²) in [6, 6.07) is 1.40. The van der Waals surface area contributed by atoms with Gasteiger partial charge in [0, 0.05) is 25.0 Å². The van der Waals surface area contributed by atoms with Crippen LogP contribution in [0.15, 0.2) is 17.2 Å². The first-order valence-electron chi connectivity index (χ1n) is 7.49. The highest BCUT2D eigenvalue weighted by Crippen LogP contribution is 2.39. The molecule has 21 heavy (non-hydrogen) atoms. The minimum Gasteiger partial charge on any atom is -0.390 e. The molecule has 0 radical (unpaired) electrons. The number of aliphatic hydroxyl groups is 1. The normalized spacial score (nSPS) is 26.4. The molecule has 7 heteroatoms. The van der Waals surface area contributed by atoms with Gasteiger partial charge in [-0.1, -0.05) is 0 Å². The molecule has 1 aliphatic heterocycles. The van der Waals surface area contributed by atoms with E-state index < -0.39 is 10.0 Å². The number of rotatable bonds is 6. The van der Waals surface area contributed by atoms with E-state index in [1.807, 2.05) is 6.92 Å². The van der Waals surface area contributed by atoms with Crippen molar-refractivity contribution >= 4 is 10.0 Å². The monoisotopic (exact) mass is 314 g/mol. The zero-order valence-corrected chi connectivity index (χ0v) is 13.0. The number of nitrogens with one attached hydrogen (secondary N) is 1. The first-order chi connectivity index (χ1) is 10.0. The fraction of sp³-hybridized carbons (Fsp3) is 0.714. The molecule has 2 N–H and O–H groups in total. The van der Waals surface area contributed by atoms with E-state index in [4.69, 9.17) is 4.74 Å². The highest BCUT2D eigenvalue weighted by Gasteiger charge is 2.42. The molecule has 2 aliphatic rings. The van der Waals surface area contributed by atoms with Gasteiger partial charge in [0.1, 0.15) is 0 Å². The highest BCUT2D eigenvalue weighted by atomic mass is 32.2. The topological polar surface area (TPSA) is 80.6 Å². The van der Waals surface area contributed by atoms with Crippen molar-refractivity contribution in [2.75, 3.05) is 6.61 Å². The third-order valence-corrected chi connectivity index (χ3v) is 5.76. The Bertz CT molecular complexity index is 585. The summed E-state index contributed by atoms with van der Waals surface area (Å²) >= 11 is 0. The van der Waals surface area contributed by atoms with Gasteiger partial charge in [0.15, 0.2) is 0 Å².